The van der Waals surface area contributed by atoms with Crippen LogP contribution >= 0.6 is 34.2 Å². The summed E-state index contributed by atoms with van der Waals surface area (Å²) in [5.74, 6) is 0.127. The predicted molar refractivity (Wildman–Crippen MR) is 73.9 cm³/mol. The van der Waals surface area contributed by atoms with Crippen molar-refractivity contribution in [1.29, 1.82) is 0 Å². The molecule has 0 aromatic heterocycles. The normalized spacial score (nSPS) is 17.5. The minimum atomic E-state index is 0.127. The van der Waals surface area contributed by atoms with Gasteiger partial charge in [-0.25, -0.2) is 0 Å². The lowest BCUT2D eigenvalue weighted by atomic mass is 10.1. The van der Waals surface area contributed by atoms with E-state index >= 15 is 0 Å². The van der Waals surface area contributed by atoms with E-state index in [9.17, 15) is 4.79 Å². The number of carbonyl (C=O) groups excluding carboxylic acids is 1. The Morgan fingerprint density at radius 1 is 1.38 bits per heavy atom. The van der Waals surface area contributed by atoms with E-state index in [0.717, 1.165) is 35.1 Å². The van der Waals surface area contributed by atoms with Crippen LogP contribution in [0.3, 0.4) is 0 Å². The summed E-state index contributed by atoms with van der Waals surface area (Å²) in [6.07, 6.45) is 1.80. The molecule has 1 fully saturated rings. The van der Waals surface area contributed by atoms with Crippen LogP contribution in [0.15, 0.2) is 24.3 Å². The van der Waals surface area contributed by atoms with Crippen molar-refractivity contribution in [3.05, 3.63) is 33.4 Å². The van der Waals surface area contributed by atoms with E-state index < -0.39 is 0 Å². The average Bonchev–Trinajstić information content (AvgIpc) is 2.29. The first-order valence-corrected chi connectivity index (χ1v) is 6.87. The van der Waals surface area contributed by atoms with Crippen LogP contribution in [0.25, 0.3) is 0 Å². The summed E-state index contributed by atoms with van der Waals surface area (Å²) >= 11 is 8.24. The van der Waals surface area contributed by atoms with Crippen molar-refractivity contribution in [3.63, 3.8) is 0 Å². The van der Waals surface area contributed by atoms with Gasteiger partial charge < -0.3 is 4.90 Å². The number of amides is 1. The molecule has 0 unspecified atom stereocenters. The highest BCUT2D eigenvalue weighted by molar-refractivity contribution is 14.1. The lowest BCUT2D eigenvalue weighted by molar-refractivity contribution is 0.0726. The number of piperidine rings is 1. The number of hydrogen-bond donors (Lipinski definition) is 0. The molecular formula is C12H13ClINO. The van der Waals surface area contributed by atoms with Crippen LogP contribution in [0.1, 0.15) is 23.2 Å². The molecule has 1 amide bonds. The number of alkyl halides is 1. The molecular weight excluding hydrogens is 336 g/mol. The van der Waals surface area contributed by atoms with Crippen molar-refractivity contribution in [1.82, 2.24) is 4.90 Å². The van der Waals surface area contributed by atoms with Gasteiger partial charge in [0.2, 0.25) is 0 Å². The lowest BCUT2D eigenvalue weighted by Crippen LogP contribution is -2.38. The van der Waals surface area contributed by atoms with Gasteiger partial charge in [-0.2, -0.15) is 0 Å². The molecule has 1 heterocycles. The highest BCUT2D eigenvalue weighted by Crippen LogP contribution is 2.18. The minimum absolute atomic E-state index is 0.127. The fourth-order valence-corrected chi connectivity index (χ4v) is 2.59. The van der Waals surface area contributed by atoms with Gasteiger partial charge in [0.25, 0.3) is 5.91 Å². The average molecular weight is 350 g/mol. The van der Waals surface area contributed by atoms with E-state index in [2.05, 4.69) is 22.6 Å². The minimum Gasteiger partial charge on any atom is -0.339 e. The fourth-order valence-electron chi connectivity index (χ4n) is 1.86. The van der Waals surface area contributed by atoms with Gasteiger partial charge in [-0.3, -0.25) is 4.79 Å². The molecule has 1 aromatic rings. The van der Waals surface area contributed by atoms with Crippen LogP contribution in [0, 0.1) is 3.57 Å². The van der Waals surface area contributed by atoms with Crippen LogP contribution < -0.4 is 0 Å². The second kappa shape index (κ2) is 5.36. The maximum Gasteiger partial charge on any atom is 0.253 e. The van der Waals surface area contributed by atoms with Crippen molar-refractivity contribution >= 4 is 40.1 Å². The third-order valence-electron chi connectivity index (χ3n) is 2.78. The molecule has 1 saturated heterocycles. The van der Waals surface area contributed by atoms with E-state index in [1.807, 2.05) is 29.2 Å². The van der Waals surface area contributed by atoms with E-state index in [4.69, 9.17) is 11.6 Å². The van der Waals surface area contributed by atoms with Gasteiger partial charge in [0.15, 0.2) is 0 Å². The maximum atomic E-state index is 12.1. The van der Waals surface area contributed by atoms with Crippen LogP contribution in [0.2, 0.25) is 0 Å². The zero-order valence-corrected chi connectivity index (χ0v) is 11.7. The third kappa shape index (κ3) is 2.88. The molecule has 0 spiro atoms. The second-order valence-electron chi connectivity index (χ2n) is 3.98. The van der Waals surface area contributed by atoms with Gasteiger partial charge in [-0.1, -0.05) is 6.07 Å². The first-order valence-electron chi connectivity index (χ1n) is 5.36. The summed E-state index contributed by atoms with van der Waals surface area (Å²) in [6, 6.07) is 7.71. The molecule has 1 aliphatic heterocycles. The molecule has 16 heavy (non-hydrogen) atoms. The third-order valence-corrected chi connectivity index (χ3v) is 3.89. The lowest BCUT2D eigenvalue weighted by Gasteiger charge is -2.29. The number of nitrogens with zero attached hydrogens (tertiary/aromatic N) is 1. The van der Waals surface area contributed by atoms with Gasteiger partial charge in [0.1, 0.15) is 0 Å². The zero-order valence-electron chi connectivity index (χ0n) is 8.83. The van der Waals surface area contributed by atoms with Crippen LogP contribution in [-0.2, 0) is 0 Å². The number of halogens is 2. The van der Waals surface area contributed by atoms with E-state index in [0.29, 0.717) is 0 Å². The summed E-state index contributed by atoms with van der Waals surface area (Å²) in [7, 11) is 0. The molecule has 1 aromatic carbocycles. The molecule has 0 aliphatic carbocycles. The number of likely N-dealkylation sites (tertiary alicyclic amines) is 1. The van der Waals surface area contributed by atoms with Crippen molar-refractivity contribution in [3.8, 4) is 0 Å². The van der Waals surface area contributed by atoms with Gasteiger partial charge in [-0.05, 0) is 53.6 Å². The number of benzene rings is 1. The molecule has 2 nitrogen and oxygen atoms in total. The Labute approximate surface area is 114 Å². The van der Waals surface area contributed by atoms with Crippen molar-refractivity contribution in [2.75, 3.05) is 13.1 Å². The molecule has 0 atom stereocenters. The number of hydrogen-bond acceptors (Lipinski definition) is 1. The Kier molecular flexibility index (Phi) is 4.08. The molecule has 1 aliphatic rings. The van der Waals surface area contributed by atoms with Crippen LogP contribution in [-0.4, -0.2) is 29.3 Å². The summed E-state index contributed by atoms with van der Waals surface area (Å²) in [5, 5.41) is 0.236. The van der Waals surface area contributed by atoms with Gasteiger partial charge >= 0.3 is 0 Å². The van der Waals surface area contributed by atoms with E-state index in [1.165, 1.54) is 0 Å². The Balaban J connectivity index is 2.08. The highest BCUT2D eigenvalue weighted by atomic mass is 127. The predicted octanol–water partition coefficient (Wildman–Crippen LogP) is 3.13. The molecule has 0 bridgehead atoms. The molecule has 0 radical (unpaired) electrons. The maximum absolute atomic E-state index is 12.1. The summed E-state index contributed by atoms with van der Waals surface area (Å²) in [5.41, 5.74) is 0.778. The summed E-state index contributed by atoms with van der Waals surface area (Å²) in [6.45, 7) is 1.55. The Hall–Kier alpha value is -0.290. The molecule has 86 valence electrons. The monoisotopic (exact) mass is 349 g/mol. The fraction of sp³-hybridized carbons (Fsp3) is 0.417. The van der Waals surface area contributed by atoms with E-state index in [-0.39, 0.29) is 11.3 Å². The molecule has 0 saturated carbocycles. The number of rotatable bonds is 1. The Morgan fingerprint density at radius 2 is 2.06 bits per heavy atom. The smallest absolute Gasteiger partial charge is 0.253 e. The quantitative estimate of drug-likeness (QED) is 0.563. The van der Waals surface area contributed by atoms with Crippen LogP contribution in [0.5, 0.6) is 0 Å². The standard InChI is InChI=1S/C12H13ClINO/c13-10-4-6-15(7-5-10)12(16)9-2-1-3-11(14)8-9/h1-3,8,10H,4-7H2. The Bertz CT molecular complexity index is 388. The van der Waals surface area contributed by atoms with E-state index in [1.54, 1.807) is 0 Å². The number of carbonyl (C=O) groups is 1. The second-order valence-corrected chi connectivity index (χ2v) is 5.84. The van der Waals surface area contributed by atoms with Crippen molar-refractivity contribution < 1.29 is 4.79 Å². The first kappa shape index (κ1) is 12.2. The first-order chi connectivity index (χ1) is 7.66. The van der Waals surface area contributed by atoms with Crippen LogP contribution in [0.4, 0.5) is 0 Å². The Morgan fingerprint density at radius 3 is 2.69 bits per heavy atom. The summed E-state index contributed by atoms with van der Waals surface area (Å²) < 4.78 is 1.09. The highest BCUT2D eigenvalue weighted by Gasteiger charge is 2.22. The molecule has 2 rings (SSSR count). The van der Waals surface area contributed by atoms with Crippen molar-refractivity contribution in [2.24, 2.45) is 0 Å². The van der Waals surface area contributed by atoms with Gasteiger partial charge in [0.05, 0.1) is 0 Å². The SMILES string of the molecule is O=C(c1cccc(I)c1)N1CCC(Cl)CC1. The van der Waals surface area contributed by atoms with Crippen molar-refractivity contribution in [2.45, 2.75) is 18.2 Å². The van der Waals surface area contributed by atoms with Gasteiger partial charge in [0, 0.05) is 27.6 Å². The molecule has 0 N–H and O–H groups in total. The largest absolute Gasteiger partial charge is 0.339 e. The zero-order chi connectivity index (χ0) is 11.5. The molecule has 4 heteroatoms. The summed E-state index contributed by atoms with van der Waals surface area (Å²) in [4.78, 5) is 14.0. The topological polar surface area (TPSA) is 20.3 Å². The van der Waals surface area contributed by atoms with Gasteiger partial charge in [-0.15, -0.1) is 11.6 Å².